The number of hydrogen-bond donors (Lipinski definition) is 0. The number of benzene rings is 3. The van der Waals surface area contributed by atoms with Crippen LogP contribution in [0.2, 0.25) is 0 Å². The number of alkyl halides is 3. The molecule has 4 aromatic rings. The summed E-state index contributed by atoms with van der Waals surface area (Å²) in [7, 11) is 0. The SMILES string of the molecule is CSc1nc2c(c(N3CCCOCC3)n1)CO[C@@]1(CC[C@H](C(F)(F)F)c3ccc(N(Cc4ccccc4)Cc4ccccc4)c(C#N)c31)C2. The largest absolute Gasteiger partial charge is 0.395 e. The molecular formula is C38H38F3N5O2S. The zero-order chi connectivity index (χ0) is 34.0. The Morgan fingerprint density at radius 2 is 1.69 bits per heavy atom. The number of rotatable bonds is 7. The number of nitriles is 1. The summed E-state index contributed by atoms with van der Waals surface area (Å²) in [6, 6.07) is 25.5. The van der Waals surface area contributed by atoms with Gasteiger partial charge in [-0.1, -0.05) is 78.5 Å². The highest BCUT2D eigenvalue weighted by atomic mass is 32.2. The third kappa shape index (κ3) is 6.74. The highest BCUT2D eigenvalue weighted by Crippen LogP contribution is 2.55. The van der Waals surface area contributed by atoms with Gasteiger partial charge in [-0.15, -0.1) is 0 Å². The van der Waals surface area contributed by atoms with Crippen molar-refractivity contribution < 1.29 is 22.6 Å². The normalized spacial score (nSPS) is 20.6. The van der Waals surface area contributed by atoms with Gasteiger partial charge in [-0.05, 0) is 48.3 Å². The van der Waals surface area contributed by atoms with E-state index in [-0.39, 0.29) is 37.0 Å². The minimum absolute atomic E-state index is 0.116. The standard InChI is InChI=1S/C38H38F3N5O2S/c1-49-36-43-32-21-37(48-25-30(32)35(44-36)45-17-8-19-47-20-18-45)16-15-31(38(39,40)41)28-13-14-33(29(22-42)34(28)37)46(23-26-9-4-2-5-10-26)24-27-11-6-3-7-12-27/h2-7,9-14,31H,8,15-21,23-25H2,1H3/t31-,37-/m0/s1. The first-order valence-electron chi connectivity index (χ1n) is 16.7. The second-order valence-corrected chi connectivity index (χ2v) is 13.6. The van der Waals surface area contributed by atoms with Crippen molar-refractivity contribution >= 4 is 23.3 Å². The Morgan fingerprint density at radius 3 is 2.35 bits per heavy atom. The van der Waals surface area contributed by atoms with E-state index in [2.05, 4.69) is 15.9 Å². The van der Waals surface area contributed by atoms with Crippen LogP contribution >= 0.6 is 11.8 Å². The molecule has 1 aromatic heterocycles. The zero-order valence-corrected chi connectivity index (χ0v) is 28.2. The van der Waals surface area contributed by atoms with Gasteiger partial charge >= 0.3 is 6.18 Å². The van der Waals surface area contributed by atoms with E-state index in [1.807, 2.05) is 66.9 Å². The van der Waals surface area contributed by atoms with Crippen LogP contribution in [0.4, 0.5) is 24.7 Å². The molecule has 1 fully saturated rings. The van der Waals surface area contributed by atoms with Crippen molar-refractivity contribution in [3.8, 4) is 6.07 Å². The second-order valence-electron chi connectivity index (χ2n) is 12.9. The number of fused-ring (bicyclic) bond motifs is 3. The lowest BCUT2D eigenvalue weighted by atomic mass is 9.68. The lowest BCUT2D eigenvalue weighted by Crippen LogP contribution is -2.44. The van der Waals surface area contributed by atoms with Gasteiger partial charge < -0.3 is 19.3 Å². The summed E-state index contributed by atoms with van der Waals surface area (Å²) < 4.78 is 56.6. The first-order valence-corrected chi connectivity index (χ1v) is 17.9. The third-order valence-corrected chi connectivity index (χ3v) is 10.4. The quantitative estimate of drug-likeness (QED) is 0.144. The summed E-state index contributed by atoms with van der Waals surface area (Å²) in [6.45, 7) is 3.80. The maximum atomic E-state index is 14.7. The first-order chi connectivity index (χ1) is 23.8. The van der Waals surface area contributed by atoms with Crippen LogP contribution < -0.4 is 9.80 Å². The van der Waals surface area contributed by atoms with Crippen molar-refractivity contribution in [3.05, 3.63) is 112 Å². The van der Waals surface area contributed by atoms with E-state index >= 15 is 0 Å². The Balaban J connectivity index is 1.37. The van der Waals surface area contributed by atoms with Gasteiger partial charge in [-0.2, -0.15) is 18.4 Å². The molecule has 0 N–H and O–H groups in total. The van der Waals surface area contributed by atoms with Gasteiger partial charge in [0.15, 0.2) is 5.16 Å². The monoisotopic (exact) mass is 685 g/mol. The predicted molar refractivity (Wildman–Crippen MR) is 184 cm³/mol. The fourth-order valence-electron chi connectivity index (χ4n) is 7.55. The minimum atomic E-state index is -4.47. The van der Waals surface area contributed by atoms with E-state index in [1.165, 1.54) is 11.8 Å². The molecule has 3 aliphatic rings. The maximum absolute atomic E-state index is 14.7. The van der Waals surface area contributed by atoms with Gasteiger partial charge in [0.2, 0.25) is 0 Å². The molecule has 1 saturated heterocycles. The lowest BCUT2D eigenvalue weighted by molar-refractivity contribution is -0.165. The van der Waals surface area contributed by atoms with Crippen molar-refractivity contribution in [3.63, 3.8) is 0 Å². The average Bonchev–Trinajstić information content (AvgIpc) is 3.40. The maximum Gasteiger partial charge on any atom is 0.395 e. The zero-order valence-electron chi connectivity index (χ0n) is 27.4. The van der Waals surface area contributed by atoms with Gasteiger partial charge in [0.05, 0.1) is 36.1 Å². The number of anilines is 2. The fourth-order valence-corrected chi connectivity index (χ4v) is 7.93. The summed E-state index contributed by atoms with van der Waals surface area (Å²) in [5.74, 6) is -0.902. The molecule has 1 spiro atoms. The van der Waals surface area contributed by atoms with Gasteiger partial charge in [0, 0.05) is 50.3 Å². The van der Waals surface area contributed by atoms with Crippen LogP contribution in [-0.2, 0) is 41.2 Å². The first kappa shape index (κ1) is 33.4. The Hall–Kier alpha value is -4.11. The highest BCUT2D eigenvalue weighted by molar-refractivity contribution is 7.98. The molecule has 0 amide bonds. The molecule has 2 aliphatic heterocycles. The van der Waals surface area contributed by atoms with Gasteiger partial charge in [-0.3, -0.25) is 0 Å². The fraction of sp³-hybridized carbons (Fsp3) is 0.395. The second kappa shape index (κ2) is 14.0. The number of hydrogen-bond acceptors (Lipinski definition) is 8. The van der Waals surface area contributed by atoms with Crippen LogP contribution in [0.25, 0.3) is 0 Å². The van der Waals surface area contributed by atoms with Crippen LogP contribution in [-0.4, -0.2) is 48.7 Å². The number of nitrogens with zero attached hydrogens (tertiary/aromatic N) is 5. The molecular weight excluding hydrogens is 648 g/mol. The number of halogens is 3. The molecule has 0 radical (unpaired) electrons. The van der Waals surface area contributed by atoms with Crippen molar-refractivity contribution in [2.24, 2.45) is 0 Å². The van der Waals surface area contributed by atoms with Crippen LogP contribution in [0.15, 0.2) is 78.0 Å². The smallest absolute Gasteiger partial charge is 0.380 e. The number of thioether (sulfide) groups is 1. The van der Waals surface area contributed by atoms with Crippen molar-refractivity contribution in [2.45, 2.75) is 68.2 Å². The lowest BCUT2D eigenvalue weighted by Gasteiger charge is -2.46. The van der Waals surface area contributed by atoms with E-state index in [4.69, 9.17) is 19.4 Å². The summed E-state index contributed by atoms with van der Waals surface area (Å²) >= 11 is 1.44. The van der Waals surface area contributed by atoms with Gasteiger partial charge in [0.25, 0.3) is 0 Å². The number of ether oxygens (including phenoxy) is 2. The number of aromatic nitrogens is 2. The summed E-state index contributed by atoms with van der Waals surface area (Å²) in [6.07, 6.45) is -1.45. The van der Waals surface area contributed by atoms with Crippen LogP contribution in [0, 0.1) is 11.3 Å². The topological polar surface area (TPSA) is 74.5 Å². The van der Waals surface area contributed by atoms with Gasteiger partial charge in [-0.25, -0.2) is 9.97 Å². The van der Waals surface area contributed by atoms with Crippen molar-refractivity contribution in [2.75, 3.05) is 42.4 Å². The molecule has 0 saturated carbocycles. The Kier molecular flexibility index (Phi) is 9.55. The molecule has 0 bridgehead atoms. The Labute approximate surface area is 289 Å². The molecule has 2 atom stereocenters. The third-order valence-electron chi connectivity index (χ3n) is 9.86. The minimum Gasteiger partial charge on any atom is -0.380 e. The van der Waals surface area contributed by atoms with E-state index in [9.17, 15) is 18.4 Å². The van der Waals surface area contributed by atoms with Gasteiger partial charge in [0.1, 0.15) is 17.5 Å². The molecule has 254 valence electrons. The van der Waals surface area contributed by atoms with Crippen LogP contribution in [0.3, 0.4) is 0 Å². The van der Waals surface area contributed by atoms with Crippen molar-refractivity contribution in [1.29, 1.82) is 5.26 Å². The Morgan fingerprint density at radius 1 is 0.980 bits per heavy atom. The molecule has 3 aromatic carbocycles. The molecule has 0 unspecified atom stereocenters. The van der Waals surface area contributed by atoms with Crippen molar-refractivity contribution in [1.82, 2.24) is 9.97 Å². The summed E-state index contributed by atoms with van der Waals surface area (Å²) in [5, 5.41) is 11.5. The van der Waals surface area contributed by atoms with Crippen LogP contribution in [0.5, 0.6) is 0 Å². The van der Waals surface area contributed by atoms with E-state index < -0.39 is 17.7 Å². The molecule has 11 heteroatoms. The Bertz CT molecular complexity index is 1790. The summed E-state index contributed by atoms with van der Waals surface area (Å²) in [5.41, 5.74) is 3.79. The molecule has 7 rings (SSSR count). The molecule has 3 heterocycles. The predicted octanol–water partition coefficient (Wildman–Crippen LogP) is 7.91. The van der Waals surface area contributed by atoms with Crippen LogP contribution in [0.1, 0.15) is 64.3 Å². The van der Waals surface area contributed by atoms with E-state index in [0.717, 1.165) is 41.2 Å². The van der Waals surface area contributed by atoms with E-state index in [1.54, 1.807) is 12.1 Å². The summed E-state index contributed by atoms with van der Waals surface area (Å²) in [4.78, 5) is 14.1. The molecule has 1 aliphatic carbocycles. The van der Waals surface area contributed by atoms with E-state index in [0.29, 0.717) is 49.3 Å². The molecule has 49 heavy (non-hydrogen) atoms. The average molecular weight is 686 g/mol. The highest BCUT2D eigenvalue weighted by Gasteiger charge is 2.53. The molecule has 7 nitrogen and oxygen atoms in total.